The maximum Gasteiger partial charge on any atom is 0.343 e. The molecule has 3 aromatic rings. The van der Waals surface area contributed by atoms with Gasteiger partial charge >= 0.3 is 5.69 Å². The number of ether oxygens (including phenoxy) is 2. The third kappa shape index (κ3) is 2.11. The monoisotopic (exact) mass is 301 g/mol. The van der Waals surface area contributed by atoms with Gasteiger partial charge in [0.05, 0.1) is 6.54 Å². The first kappa shape index (κ1) is 12.2. The largest absolute Gasteiger partial charge is 0.454 e. The molecule has 0 spiro atoms. The molecule has 3 heterocycles. The van der Waals surface area contributed by atoms with Crippen molar-refractivity contribution in [1.82, 2.24) is 14.8 Å². The van der Waals surface area contributed by atoms with Crippen molar-refractivity contribution in [2.24, 2.45) is 0 Å². The molecule has 6 nitrogen and oxygen atoms in total. The van der Waals surface area contributed by atoms with Gasteiger partial charge in [-0.1, -0.05) is 6.07 Å². The number of aromatic amines is 1. The molecule has 0 saturated carbocycles. The van der Waals surface area contributed by atoms with Crippen molar-refractivity contribution >= 4 is 11.3 Å². The van der Waals surface area contributed by atoms with Gasteiger partial charge in [0.25, 0.3) is 0 Å². The maximum absolute atomic E-state index is 11.6. The summed E-state index contributed by atoms with van der Waals surface area (Å²) >= 11 is 1.60. The van der Waals surface area contributed by atoms with E-state index in [0.717, 1.165) is 28.2 Å². The van der Waals surface area contributed by atoms with Crippen LogP contribution in [0.1, 0.15) is 5.56 Å². The van der Waals surface area contributed by atoms with Crippen LogP contribution >= 0.6 is 11.3 Å². The van der Waals surface area contributed by atoms with Gasteiger partial charge in [0.2, 0.25) is 6.79 Å². The molecular formula is C14H11N3O3S. The summed E-state index contributed by atoms with van der Waals surface area (Å²) in [6.45, 7) is 0.752. The summed E-state index contributed by atoms with van der Waals surface area (Å²) in [6.07, 6.45) is 1.50. The molecule has 0 radical (unpaired) electrons. The van der Waals surface area contributed by atoms with Gasteiger partial charge < -0.3 is 9.47 Å². The number of thiophene rings is 1. The molecule has 1 aliphatic rings. The van der Waals surface area contributed by atoms with Crippen molar-refractivity contribution in [2.45, 2.75) is 6.54 Å². The van der Waals surface area contributed by atoms with Crippen LogP contribution in [0.25, 0.3) is 11.1 Å². The second-order valence-electron chi connectivity index (χ2n) is 4.67. The van der Waals surface area contributed by atoms with Crippen LogP contribution in [-0.4, -0.2) is 21.6 Å². The molecule has 0 bridgehead atoms. The van der Waals surface area contributed by atoms with Crippen LogP contribution in [0.3, 0.4) is 0 Å². The van der Waals surface area contributed by atoms with Crippen molar-refractivity contribution in [3.63, 3.8) is 0 Å². The summed E-state index contributed by atoms with van der Waals surface area (Å²) in [5.41, 5.74) is 3.00. The Balaban J connectivity index is 1.72. The van der Waals surface area contributed by atoms with Gasteiger partial charge in [0, 0.05) is 0 Å². The van der Waals surface area contributed by atoms with Gasteiger partial charge in [0.1, 0.15) is 6.33 Å². The topological polar surface area (TPSA) is 69.1 Å². The molecule has 1 N–H and O–H groups in total. The van der Waals surface area contributed by atoms with Crippen LogP contribution in [0.4, 0.5) is 0 Å². The summed E-state index contributed by atoms with van der Waals surface area (Å²) in [6, 6.07) is 5.87. The molecule has 0 aliphatic carbocycles. The second-order valence-corrected chi connectivity index (χ2v) is 5.41. The predicted octanol–water partition coefficient (Wildman–Crippen LogP) is 2.08. The molecule has 0 fully saturated rings. The number of aromatic nitrogens is 3. The molecule has 21 heavy (non-hydrogen) atoms. The van der Waals surface area contributed by atoms with Crippen molar-refractivity contribution in [2.75, 3.05) is 6.79 Å². The van der Waals surface area contributed by atoms with Gasteiger partial charge in [0.15, 0.2) is 11.5 Å². The molecule has 0 atom stereocenters. The Bertz CT molecular complexity index is 849. The van der Waals surface area contributed by atoms with Gasteiger partial charge in [-0.3, -0.25) is 4.57 Å². The van der Waals surface area contributed by atoms with Crippen LogP contribution in [0.5, 0.6) is 11.5 Å². The number of hydrogen-bond donors (Lipinski definition) is 1. The van der Waals surface area contributed by atoms with Crippen molar-refractivity contribution in [3.05, 3.63) is 51.3 Å². The lowest BCUT2D eigenvalue weighted by atomic mass is 10.0. The fraction of sp³-hybridized carbons (Fsp3) is 0.143. The molecule has 7 heteroatoms. The fourth-order valence-corrected chi connectivity index (χ4v) is 3.19. The lowest BCUT2D eigenvalue weighted by molar-refractivity contribution is 0.174. The minimum atomic E-state index is -0.210. The van der Waals surface area contributed by atoms with Crippen molar-refractivity contribution in [1.29, 1.82) is 0 Å². The summed E-state index contributed by atoms with van der Waals surface area (Å²) < 4.78 is 12.3. The van der Waals surface area contributed by atoms with Crippen LogP contribution in [0, 0.1) is 0 Å². The van der Waals surface area contributed by atoms with E-state index in [9.17, 15) is 4.79 Å². The SMILES string of the molecule is O=c1[nH]ncn1Cc1cscc1-c1ccc2c(c1)OCO2. The van der Waals surface area contributed by atoms with Crippen LogP contribution in [-0.2, 0) is 6.54 Å². The average molecular weight is 301 g/mol. The highest BCUT2D eigenvalue weighted by molar-refractivity contribution is 7.08. The van der Waals surface area contributed by atoms with Crippen LogP contribution < -0.4 is 15.2 Å². The van der Waals surface area contributed by atoms with E-state index in [-0.39, 0.29) is 12.5 Å². The highest BCUT2D eigenvalue weighted by atomic mass is 32.1. The van der Waals surface area contributed by atoms with E-state index >= 15 is 0 Å². The molecule has 4 rings (SSSR count). The smallest absolute Gasteiger partial charge is 0.343 e. The van der Waals surface area contributed by atoms with Crippen molar-refractivity contribution in [3.8, 4) is 22.6 Å². The third-order valence-corrected chi connectivity index (χ3v) is 4.18. The zero-order valence-electron chi connectivity index (χ0n) is 10.9. The second kappa shape index (κ2) is 4.78. The van der Waals surface area contributed by atoms with E-state index in [0.29, 0.717) is 6.54 Å². The third-order valence-electron chi connectivity index (χ3n) is 3.38. The number of nitrogens with zero attached hydrogens (tertiary/aromatic N) is 2. The first-order valence-electron chi connectivity index (χ1n) is 6.36. The number of fused-ring (bicyclic) bond motifs is 1. The predicted molar refractivity (Wildman–Crippen MR) is 77.8 cm³/mol. The normalized spacial score (nSPS) is 12.8. The summed E-state index contributed by atoms with van der Waals surface area (Å²) in [5.74, 6) is 1.52. The Labute approximate surface area is 123 Å². The Kier molecular flexibility index (Phi) is 2.78. The fourth-order valence-electron chi connectivity index (χ4n) is 2.33. The van der Waals surface area contributed by atoms with Gasteiger partial charge in [-0.15, -0.1) is 0 Å². The molecule has 106 valence electrons. The minimum absolute atomic E-state index is 0.210. The Hall–Kier alpha value is -2.54. The molecule has 0 saturated heterocycles. The Morgan fingerprint density at radius 1 is 1.29 bits per heavy atom. The van der Waals surface area contributed by atoms with E-state index < -0.39 is 0 Å². The van der Waals surface area contributed by atoms with E-state index in [4.69, 9.17) is 9.47 Å². The first-order valence-corrected chi connectivity index (χ1v) is 7.30. The number of benzene rings is 1. The van der Waals surface area contributed by atoms with Crippen molar-refractivity contribution < 1.29 is 9.47 Å². The molecular weight excluding hydrogens is 290 g/mol. The Morgan fingerprint density at radius 2 is 2.19 bits per heavy atom. The van der Waals surface area contributed by atoms with E-state index in [1.165, 1.54) is 6.33 Å². The lowest BCUT2D eigenvalue weighted by Gasteiger charge is -2.05. The van der Waals surface area contributed by atoms with Gasteiger partial charge in [-0.05, 0) is 39.6 Å². The number of nitrogens with one attached hydrogen (secondary N) is 1. The highest BCUT2D eigenvalue weighted by Gasteiger charge is 2.16. The summed E-state index contributed by atoms with van der Waals surface area (Å²) in [5, 5.41) is 10.3. The van der Waals surface area contributed by atoms with Crippen LogP contribution in [0.15, 0.2) is 40.1 Å². The quantitative estimate of drug-likeness (QED) is 0.804. The number of hydrogen-bond acceptors (Lipinski definition) is 5. The maximum atomic E-state index is 11.6. The standard InChI is InChI=1S/C14H11N3O3S/c18-14-16-15-7-17(14)4-10-5-21-6-11(10)9-1-2-12-13(3-9)20-8-19-12/h1-3,5-7H,4,8H2,(H,16,18). The molecule has 0 unspecified atom stereocenters. The van der Waals surface area contributed by atoms with Gasteiger partial charge in [-0.25, -0.2) is 9.89 Å². The van der Waals surface area contributed by atoms with E-state index in [1.54, 1.807) is 15.9 Å². The van der Waals surface area contributed by atoms with Crippen LogP contribution in [0.2, 0.25) is 0 Å². The number of H-pyrrole nitrogens is 1. The number of rotatable bonds is 3. The Morgan fingerprint density at radius 3 is 3.05 bits per heavy atom. The summed E-state index contributed by atoms with van der Waals surface area (Å²) in [7, 11) is 0. The summed E-state index contributed by atoms with van der Waals surface area (Å²) in [4.78, 5) is 11.6. The molecule has 1 aliphatic heterocycles. The van der Waals surface area contributed by atoms with E-state index in [1.807, 2.05) is 23.6 Å². The van der Waals surface area contributed by atoms with Gasteiger partial charge in [-0.2, -0.15) is 16.4 Å². The average Bonchev–Trinajstić information content (AvgIpc) is 3.20. The highest BCUT2D eigenvalue weighted by Crippen LogP contribution is 2.37. The zero-order chi connectivity index (χ0) is 14.2. The molecule has 2 aromatic heterocycles. The lowest BCUT2D eigenvalue weighted by Crippen LogP contribution is -2.16. The minimum Gasteiger partial charge on any atom is -0.454 e. The van der Waals surface area contributed by atoms with E-state index in [2.05, 4.69) is 15.6 Å². The zero-order valence-corrected chi connectivity index (χ0v) is 11.7. The molecule has 1 aromatic carbocycles. The molecule has 0 amide bonds. The first-order chi connectivity index (χ1) is 10.3.